The van der Waals surface area contributed by atoms with E-state index >= 15 is 0 Å². The van der Waals surface area contributed by atoms with Gasteiger partial charge in [0.05, 0.1) is 12.4 Å². The van der Waals surface area contributed by atoms with Crippen molar-refractivity contribution < 1.29 is 9.39 Å². The number of nitrogens with two attached hydrogens (primary N) is 1. The zero-order valence-corrected chi connectivity index (χ0v) is 12.2. The van der Waals surface area contributed by atoms with Gasteiger partial charge in [0.25, 0.3) is 0 Å². The van der Waals surface area contributed by atoms with Crippen molar-refractivity contribution in [2.45, 2.75) is 12.8 Å². The van der Waals surface area contributed by atoms with Gasteiger partial charge in [-0.25, -0.2) is 0 Å². The molecule has 7 heteroatoms. The minimum atomic E-state index is 0.0133. The monoisotopic (exact) mass is 324 g/mol. The highest BCUT2D eigenvalue weighted by Crippen LogP contribution is 2.37. The van der Waals surface area contributed by atoms with E-state index in [1.54, 1.807) is 23.5 Å². The van der Waals surface area contributed by atoms with Crippen LogP contribution in [0.2, 0.25) is 0 Å². The van der Waals surface area contributed by atoms with E-state index < -0.39 is 0 Å². The maximum absolute atomic E-state index is 11.8. The second kappa shape index (κ2) is 4.36. The molecule has 2 atom stereocenters. The van der Waals surface area contributed by atoms with Crippen molar-refractivity contribution in [1.29, 1.82) is 0 Å². The molecule has 0 spiro atoms. The highest BCUT2D eigenvalue weighted by Gasteiger charge is 2.44. The number of hydrogen-bond acceptors (Lipinski definition) is 4. The number of amides is 1. The number of nitrogens with zero attached hydrogens (tertiary/aromatic N) is 4. The predicted molar refractivity (Wildman–Crippen MR) is 75.8 cm³/mol. The molecule has 6 nitrogen and oxygen atoms in total. The summed E-state index contributed by atoms with van der Waals surface area (Å²) >= 11 is 3.42. The van der Waals surface area contributed by atoms with Crippen LogP contribution in [0, 0.1) is 5.92 Å². The Labute approximate surface area is 119 Å². The molecular formula is C12H15BrN5O+. The lowest BCUT2D eigenvalue weighted by atomic mass is 9.92. The van der Waals surface area contributed by atoms with Crippen LogP contribution in [-0.4, -0.2) is 40.0 Å². The number of allylic oxidation sites excluding steroid dienone is 2. The van der Waals surface area contributed by atoms with Gasteiger partial charge in [-0.2, -0.15) is 10.8 Å². The van der Waals surface area contributed by atoms with Crippen molar-refractivity contribution in [3.63, 3.8) is 0 Å². The Morgan fingerprint density at radius 2 is 2.37 bits per heavy atom. The quantitative estimate of drug-likeness (QED) is 0.445. The van der Waals surface area contributed by atoms with Gasteiger partial charge in [-0.05, 0) is 6.42 Å². The normalized spacial score (nSPS) is 33.8. The Bertz CT molecular complexity index is 564. The molecule has 0 aromatic heterocycles. The lowest BCUT2D eigenvalue weighted by Gasteiger charge is -2.29. The van der Waals surface area contributed by atoms with Gasteiger partial charge in [0, 0.05) is 41.9 Å². The molecule has 0 aliphatic carbocycles. The number of halogens is 1. The minimum absolute atomic E-state index is 0.0133. The van der Waals surface area contributed by atoms with Crippen molar-refractivity contribution >= 4 is 32.8 Å². The Morgan fingerprint density at radius 1 is 1.58 bits per heavy atom. The molecule has 0 aromatic carbocycles. The number of quaternary nitrogens is 1. The van der Waals surface area contributed by atoms with Crippen LogP contribution in [0.5, 0.6) is 0 Å². The first kappa shape index (κ1) is 12.7. The molecule has 3 aliphatic rings. The summed E-state index contributed by atoms with van der Waals surface area (Å²) in [7, 11) is 1.83. The summed E-state index contributed by atoms with van der Waals surface area (Å²) in [6.45, 7) is 0.755. The van der Waals surface area contributed by atoms with E-state index in [9.17, 15) is 4.79 Å². The number of amidine groups is 1. The zero-order valence-electron chi connectivity index (χ0n) is 10.6. The number of rotatable bonds is 1. The molecule has 1 amide bonds. The zero-order chi connectivity index (χ0) is 13.6. The van der Waals surface area contributed by atoms with Crippen LogP contribution in [0.15, 0.2) is 33.8 Å². The molecule has 1 saturated heterocycles. The van der Waals surface area contributed by atoms with Crippen LogP contribution in [0.4, 0.5) is 0 Å². The van der Waals surface area contributed by atoms with E-state index in [0.717, 1.165) is 24.4 Å². The Balaban J connectivity index is 1.97. The van der Waals surface area contributed by atoms with Crippen molar-refractivity contribution in [3.05, 3.63) is 23.8 Å². The van der Waals surface area contributed by atoms with Crippen LogP contribution < -0.4 is 5.84 Å². The summed E-state index contributed by atoms with van der Waals surface area (Å²) < 4.78 is 0.644. The van der Waals surface area contributed by atoms with Crippen molar-refractivity contribution in [2.75, 3.05) is 13.6 Å². The molecular weight excluding hydrogens is 310 g/mol. The smallest absolute Gasteiger partial charge is 0.301 e. The first-order chi connectivity index (χ1) is 9.02. The van der Waals surface area contributed by atoms with Crippen molar-refractivity contribution in [1.82, 2.24) is 4.90 Å². The SMILES string of the molecule is CN1CCC(C2=C3C=NC=C[N+]3(N)C(Br)=N2)CC1=O. The lowest BCUT2D eigenvalue weighted by molar-refractivity contribution is -0.746. The fraction of sp³-hybridized carbons (Fsp3) is 0.417. The number of fused-ring (bicyclic) bond motifs is 1. The van der Waals surface area contributed by atoms with Gasteiger partial charge >= 0.3 is 4.74 Å². The average molecular weight is 325 g/mol. The highest BCUT2D eigenvalue weighted by molar-refractivity contribution is 9.18. The molecule has 0 aromatic rings. The van der Waals surface area contributed by atoms with Gasteiger partial charge in [-0.1, -0.05) is 0 Å². The first-order valence-electron chi connectivity index (χ1n) is 6.14. The molecule has 0 saturated carbocycles. The fourth-order valence-corrected chi connectivity index (χ4v) is 3.07. The van der Waals surface area contributed by atoms with Crippen molar-refractivity contribution in [3.8, 4) is 0 Å². The van der Waals surface area contributed by atoms with Crippen LogP contribution in [0.1, 0.15) is 12.8 Å². The number of aliphatic imine (C=N–C) groups is 2. The number of likely N-dealkylation sites (tertiary alicyclic amines) is 1. The molecule has 0 bridgehead atoms. The fourth-order valence-electron chi connectivity index (χ4n) is 2.57. The topological polar surface area (TPSA) is 71.0 Å². The Kier molecular flexibility index (Phi) is 2.92. The number of carbonyl (C=O) groups excluding carboxylic acids is 1. The second-order valence-corrected chi connectivity index (χ2v) is 5.72. The molecule has 3 heterocycles. The van der Waals surface area contributed by atoms with E-state index in [0.29, 0.717) is 11.2 Å². The van der Waals surface area contributed by atoms with Crippen LogP contribution in [0.25, 0.3) is 0 Å². The van der Waals surface area contributed by atoms with Crippen molar-refractivity contribution in [2.24, 2.45) is 21.7 Å². The average Bonchev–Trinajstić information content (AvgIpc) is 2.66. The Hall–Kier alpha value is -1.31. The van der Waals surface area contributed by atoms with Crippen LogP contribution in [0.3, 0.4) is 0 Å². The third kappa shape index (κ3) is 1.89. The molecule has 1 fully saturated rings. The van der Waals surface area contributed by atoms with E-state index in [4.69, 9.17) is 5.84 Å². The summed E-state index contributed by atoms with van der Waals surface area (Å²) in [5.74, 6) is 6.57. The lowest BCUT2D eigenvalue weighted by Crippen LogP contribution is -2.50. The van der Waals surface area contributed by atoms with Gasteiger partial charge in [-0.3, -0.25) is 9.79 Å². The summed E-state index contributed by atoms with van der Waals surface area (Å²) in [6, 6.07) is 0. The van der Waals surface area contributed by atoms with Crippen LogP contribution >= 0.6 is 15.9 Å². The third-order valence-electron chi connectivity index (χ3n) is 3.81. The second-order valence-electron chi connectivity index (χ2n) is 5.01. The Morgan fingerprint density at radius 3 is 3.11 bits per heavy atom. The first-order valence-corrected chi connectivity index (χ1v) is 6.93. The number of hydrogen-bond donors (Lipinski definition) is 1. The van der Waals surface area contributed by atoms with Gasteiger partial charge in [-0.15, -0.1) is 4.59 Å². The molecule has 0 radical (unpaired) electrons. The van der Waals surface area contributed by atoms with E-state index in [1.807, 2.05) is 7.05 Å². The van der Waals surface area contributed by atoms with E-state index in [-0.39, 0.29) is 16.4 Å². The molecule has 3 aliphatic heterocycles. The number of carbonyl (C=O) groups is 1. The summed E-state index contributed by atoms with van der Waals surface area (Å²) in [5, 5.41) is 0. The predicted octanol–water partition coefficient (Wildman–Crippen LogP) is 1.08. The van der Waals surface area contributed by atoms with Gasteiger partial charge in [0.1, 0.15) is 11.9 Å². The van der Waals surface area contributed by atoms with E-state index in [2.05, 4.69) is 25.9 Å². The molecule has 2 N–H and O–H groups in total. The van der Waals surface area contributed by atoms with Crippen LogP contribution in [-0.2, 0) is 4.79 Å². The summed E-state index contributed by atoms with van der Waals surface area (Å²) in [6.07, 6.45) is 6.55. The van der Waals surface area contributed by atoms with Gasteiger partial charge in [0.2, 0.25) is 11.6 Å². The molecule has 3 rings (SSSR count). The summed E-state index contributed by atoms with van der Waals surface area (Å²) in [4.78, 5) is 22.3. The standard InChI is InChI=1S/C12H15BrN5O/c1-17-4-2-8(6-10(17)19)11-9-7-15-3-5-18(9,14)12(13)16-11/h3,5,7-8H,2,4,6,14H2,1H3/q+1. The van der Waals surface area contributed by atoms with E-state index in [1.165, 1.54) is 0 Å². The molecule has 2 unspecified atom stereocenters. The number of piperidine rings is 1. The molecule has 100 valence electrons. The van der Waals surface area contributed by atoms with Gasteiger partial charge < -0.3 is 4.90 Å². The highest BCUT2D eigenvalue weighted by atomic mass is 79.9. The third-order valence-corrected chi connectivity index (χ3v) is 4.57. The summed E-state index contributed by atoms with van der Waals surface area (Å²) in [5.41, 5.74) is 1.72. The maximum atomic E-state index is 11.8. The largest absolute Gasteiger partial charge is 0.346 e. The van der Waals surface area contributed by atoms with Gasteiger partial charge in [0.15, 0.2) is 0 Å². The maximum Gasteiger partial charge on any atom is 0.301 e. The molecule has 19 heavy (non-hydrogen) atoms. The minimum Gasteiger partial charge on any atom is -0.346 e.